The third-order valence-electron chi connectivity index (χ3n) is 2.44. The highest BCUT2D eigenvalue weighted by molar-refractivity contribution is 7.89. The van der Waals surface area contributed by atoms with E-state index in [0.29, 0.717) is 5.01 Å². The summed E-state index contributed by atoms with van der Waals surface area (Å²) in [4.78, 5) is 15.8. The molecule has 0 spiro atoms. The van der Waals surface area contributed by atoms with Crippen molar-refractivity contribution >= 4 is 38.7 Å². The van der Waals surface area contributed by atoms with Gasteiger partial charge in [0.05, 0.1) is 10.9 Å². The Labute approximate surface area is 124 Å². The average molecular weight is 332 g/mol. The number of sulfonamides is 1. The zero-order valence-electron chi connectivity index (χ0n) is 10.7. The minimum atomic E-state index is -3.75. The van der Waals surface area contributed by atoms with Gasteiger partial charge in [0.25, 0.3) is 0 Å². The highest BCUT2D eigenvalue weighted by atomic mass is 32.2. The van der Waals surface area contributed by atoms with Gasteiger partial charge < -0.3 is 5.11 Å². The zero-order valence-corrected chi connectivity index (χ0v) is 13.1. The van der Waals surface area contributed by atoms with E-state index in [1.807, 2.05) is 6.92 Å². The van der Waals surface area contributed by atoms with Gasteiger partial charge in [-0.2, -0.15) is 0 Å². The highest BCUT2D eigenvalue weighted by Crippen LogP contribution is 2.23. The molecule has 0 radical (unpaired) electrons. The number of carbonyl (C=O) groups is 1. The number of aryl methyl sites for hydroxylation is 1. The first-order chi connectivity index (χ1) is 9.29. The van der Waals surface area contributed by atoms with Gasteiger partial charge in [-0.05, 0) is 19.9 Å². The number of rotatable bonds is 5. The smallest absolute Gasteiger partial charge is 0.345 e. The number of hydrogen-bond acceptors (Lipinski definition) is 6. The van der Waals surface area contributed by atoms with Crippen LogP contribution in [0, 0.1) is 6.92 Å². The molecule has 1 atom stereocenters. The van der Waals surface area contributed by atoms with E-state index < -0.39 is 22.0 Å². The van der Waals surface area contributed by atoms with Crippen LogP contribution in [0.25, 0.3) is 0 Å². The highest BCUT2D eigenvalue weighted by Gasteiger charge is 2.22. The lowest BCUT2D eigenvalue weighted by Crippen LogP contribution is -2.26. The van der Waals surface area contributed by atoms with Gasteiger partial charge in [0.15, 0.2) is 0 Å². The molecule has 9 heteroatoms. The number of carboxylic acid groups (broad SMARTS) is 1. The van der Waals surface area contributed by atoms with Gasteiger partial charge in [-0.15, -0.1) is 22.7 Å². The molecule has 20 heavy (non-hydrogen) atoms. The Bertz CT molecular complexity index is 732. The third kappa shape index (κ3) is 3.23. The summed E-state index contributed by atoms with van der Waals surface area (Å²) >= 11 is 2.29. The number of hydrogen-bond donors (Lipinski definition) is 2. The Kier molecular flexibility index (Phi) is 4.23. The van der Waals surface area contributed by atoms with Crippen LogP contribution in [0.1, 0.15) is 32.5 Å². The maximum Gasteiger partial charge on any atom is 0.345 e. The van der Waals surface area contributed by atoms with E-state index >= 15 is 0 Å². The van der Waals surface area contributed by atoms with Gasteiger partial charge in [0.2, 0.25) is 10.0 Å². The fourth-order valence-electron chi connectivity index (χ4n) is 1.50. The van der Waals surface area contributed by atoms with Crippen molar-refractivity contribution in [3.05, 3.63) is 32.4 Å². The minimum Gasteiger partial charge on any atom is -0.477 e. The van der Waals surface area contributed by atoms with Crippen LogP contribution in [0.4, 0.5) is 0 Å². The van der Waals surface area contributed by atoms with Crippen LogP contribution < -0.4 is 4.72 Å². The fraction of sp³-hybridized carbons (Fsp3) is 0.273. The first kappa shape index (κ1) is 15.1. The maximum atomic E-state index is 12.1. The number of aromatic nitrogens is 1. The number of aromatic carboxylic acids is 1. The first-order valence-corrected chi connectivity index (χ1v) is 8.74. The van der Waals surface area contributed by atoms with Crippen molar-refractivity contribution in [1.29, 1.82) is 0 Å². The lowest BCUT2D eigenvalue weighted by Gasteiger charge is -2.10. The molecule has 0 aliphatic heterocycles. The van der Waals surface area contributed by atoms with Crippen molar-refractivity contribution < 1.29 is 18.3 Å². The minimum absolute atomic E-state index is 0.0110. The molecule has 108 valence electrons. The number of thiophene rings is 1. The standard InChI is InChI=1S/C11H12N2O4S3/c1-6-4-12-10(19-6)7(2)13-20(16,17)8-3-9(11(14)15)18-5-8/h3-5,7,13H,1-2H3,(H,14,15). The van der Waals surface area contributed by atoms with E-state index in [2.05, 4.69) is 9.71 Å². The molecular formula is C11H12N2O4S3. The van der Waals surface area contributed by atoms with Crippen molar-refractivity contribution in [3.63, 3.8) is 0 Å². The first-order valence-electron chi connectivity index (χ1n) is 5.56. The summed E-state index contributed by atoms with van der Waals surface area (Å²) in [6.45, 7) is 3.58. The monoisotopic (exact) mass is 332 g/mol. The molecule has 0 aromatic carbocycles. The van der Waals surface area contributed by atoms with Gasteiger partial charge in [-0.25, -0.2) is 22.9 Å². The van der Waals surface area contributed by atoms with E-state index in [1.165, 1.54) is 16.7 Å². The van der Waals surface area contributed by atoms with Crippen LogP contribution >= 0.6 is 22.7 Å². The summed E-state index contributed by atoms with van der Waals surface area (Å²) in [7, 11) is -3.75. The average Bonchev–Trinajstić information content (AvgIpc) is 2.96. The second-order valence-corrected chi connectivity index (χ2v) is 8.00. The Hall–Kier alpha value is -1.29. The van der Waals surface area contributed by atoms with E-state index in [-0.39, 0.29) is 9.77 Å². The maximum absolute atomic E-state index is 12.1. The summed E-state index contributed by atoms with van der Waals surface area (Å²) in [5.74, 6) is -1.14. The Balaban J connectivity index is 2.20. The number of thiazole rings is 1. The van der Waals surface area contributed by atoms with E-state index in [4.69, 9.17) is 5.11 Å². The molecule has 0 bridgehead atoms. The fourth-order valence-corrected chi connectivity index (χ4v) is 4.67. The molecule has 0 saturated carbocycles. The van der Waals surface area contributed by atoms with Crippen molar-refractivity contribution in [2.24, 2.45) is 0 Å². The quantitative estimate of drug-likeness (QED) is 0.875. The van der Waals surface area contributed by atoms with Crippen LogP contribution in [0.15, 0.2) is 22.5 Å². The summed E-state index contributed by atoms with van der Waals surface area (Å²) in [6.07, 6.45) is 1.68. The van der Waals surface area contributed by atoms with Crippen molar-refractivity contribution in [3.8, 4) is 0 Å². The van der Waals surface area contributed by atoms with Crippen LogP contribution in [0.5, 0.6) is 0 Å². The topological polar surface area (TPSA) is 96.4 Å². The molecule has 1 unspecified atom stereocenters. The molecule has 6 nitrogen and oxygen atoms in total. The van der Waals surface area contributed by atoms with Crippen LogP contribution in [0.2, 0.25) is 0 Å². The predicted molar refractivity (Wildman–Crippen MR) is 76.9 cm³/mol. The lowest BCUT2D eigenvalue weighted by atomic mass is 10.4. The lowest BCUT2D eigenvalue weighted by molar-refractivity contribution is 0.0702. The van der Waals surface area contributed by atoms with Gasteiger partial charge in [0, 0.05) is 16.5 Å². The van der Waals surface area contributed by atoms with Crippen LogP contribution in [-0.2, 0) is 10.0 Å². The van der Waals surface area contributed by atoms with Crippen LogP contribution in [-0.4, -0.2) is 24.5 Å². The van der Waals surface area contributed by atoms with Gasteiger partial charge >= 0.3 is 5.97 Å². The molecule has 2 aromatic heterocycles. The molecule has 0 saturated heterocycles. The number of nitrogens with zero attached hydrogens (tertiary/aromatic N) is 1. The van der Waals surface area contributed by atoms with Gasteiger partial charge in [-0.3, -0.25) is 0 Å². The molecule has 0 aliphatic rings. The summed E-state index contributed by atoms with van der Waals surface area (Å²) in [5.41, 5.74) is 0. The van der Waals surface area contributed by atoms with Crippen molar-refractivity contribution in [1.82, 2.24) is 9.71 Å². The summed E-state index contributed by atoms with van der Waals surface area (Å²) in [6, 6.07) is 0.682. The predicted octanol–water partition coefficient (Wildman–Crippen LogP) is 2.25. The molecule has 2 rings (SSSR count). The molecule has 2 heterocycles. The number of carboxylic acids is 1. The Morgan fingerprint density at radius 3 is 2.70 bits per heavy atom. The SMILES string of the molecule is Cc1cnc(C(C)NS(=O)(=O)c2csc(C(=O)O)c2)s1. The second kappa shape index (κ2) is 5.60. The van der Waals surface area contributed by atoms with E-state index in [0.717, 1.165) is 22.3 Å². The van der Waals surface area contributed by atoms with Gasteiger partial charge in [-0.1, -0.05) is 0 Å². The van der Waals surface area contributed by atoms with E-state index in [9.17, 15) is 13.2 Å². The summed E-state index contributed by atoms with van der Waals surface area (Å²) in [5, 5.41) is 10.8. The molecular weight excluding hydrogens is 320 g/mol. The van der Waals surface area contributed by atoms with E-state index in [1.54, 1.807) is 13.1 Å². The molecule has 0 aliphatic carbocycles. The van der Waals surface area contributed by atoms with Gasteiger partial charge in [0.1, 0.15) is 9.88 Å². The Morgan fingerprint density at radius 2 is 2.20 bits per heavy atom. The zero-order chi connectivity index (χ0) is 14.9. The second-order valence-electron chi connectivity index (χ2n) is 4.10. The summed E-state index contributed by atoms with van der Waals surface area (Å²) < 4.78 is 26.8. The Morgan fingerprint density at radius 1 is 1.50 bits per heavy atom. The third-order valence-corrected chi connectivity index (χ3v) is 6.12. The number of nitrogens with one attached hydrogen (secondary N) is 1. The molecule has 0 fully saturated rings. The normalized spacial score (nSPS) is 13.3. The molecule has 2 aromatic rings. The largest absolute Gasteiger partial charge is 0.477 e. The molecule has 2 N–H and O–H groups in total. The van der Waals surface area contributed by atoms with Crippen molar-refractivity contribution in [2.45, 2.75) is 24.8 Å². The van der Waals surface area contributed by atoms with Crippen molar-refractivity contribution in [2.75, 3.05) is 0 Å². The van der Waals surface area contributed by atoms with Crippen LogP contribution in [0.3, 0.4) is 0 Å². The molecule has 0 amide bonds.